The van der Waals surface area contributed by atoms with Crippen molar-refractivity contribution < 1.29 is 172 Å². The maximum absolute atomic E-state index is 12.5. The Balaban J connectivity index is 0.000000165. The number of aliphatic hydroxyl groups is 8. The number of nitrogens with two attached hydrogens (primary N) is 12. The fourth-order valence-electron chi connectivity index (χ4n) is 15.5. The van der Waals surface area contributed by atoms with Crippen LogP contribution in [-0.4, -0.2) is 338 Å². The van der Waals surface area contributed by atoms with Crippen molar-refractivity contribution in [2.24, 2.45) is 76.6 Å². The zero-order chi connectivity index (χ0) is 108. The molecule has 16 rings (SSSR count). The number of aromatic amines is 3. The van der Waals surface area contributed by atoms with E-state index < -0.39 is 283 Å². The molecule has 816 valence electrons. The molecule has 8 fully saturated rings. The summed E-state index contributed by atoms with van der Waals surface area (Å²) in [5.41, 5.74) is 63.0. The molecule has 0 bridgehead atoms. The maximum Gasteiger partial charge on any atom is 0.346 e. The van der Waals surface area contributed by atoms with Gasteiger partial charge in [-0.2, -0.15) is 39.9 Å². The minimum absolute atomic E-state index is 0.00672. The van der Waals surface area contributed by atoms with E-state index in [0.29, 0.717) is 17.2 Å². The predicted octanol–water partition coefficient (Wildman–Crippen LogP) is -14.1. The monoisotopic (exact) mass is 2180 g/mol. The Morgan fingerprint density at radius 3 is 0.986 bits per heavy atom. The van der Waals surface area contributed by atoms with E-state index in [0.717, 1.165) is 0 Å². The van der Waals surface area contributed by atoms with Crippen molar-refractivity contribution in [1.29, 1.82) is 0 Å². The number of amides is 8. The highest BCUT2D eigenvalue weighted by Crippen LogP contribution is 2.49. The van der Waals surface area contributed by atoms with Crippen LogP contribution in [0, 0.1) is 0 Å². The largest absolute Gasteiger partial charge is 0.756 e. The summed E-state index contributed by atoms with van der Waals surface area (Å²) in [4.78, 5) is 185. The number of hydrogen-bond acceptors (Lipinski definition) is 52. The number of anilines is 3. The lowest BCUT2D eigenvalue weighted by Gasteiger charge is -2.36. The van der Waals surface area contributed by atoms with E-state index in [1.54, 1.807) is 4.57 Å². The van der Waals surface area contributed by atoms with Gasteiger partial charge in [-0.25, -0.2) is 39.1 Å². The number of aromatic nitrogens is 14. The third kappa shape index (κ3) is 29.5. The van der Waals surface area contributed by atoms with Crippen LogP contribution >= 0.6 is 31.3 Å². The third-order valence-corrected chi connectivity index (χ3v) is 26.1. The number of aliphatic hydroxyl groups excluding tert-OH is 8. The van der Waals surface area contributed by atoms with E-state index >= 15 is 0 Å². The minimum Gasteiger partial charge on any atom is -0.756 e. The topological polar surface area (TPSA) is 1180 Å². The molecule has 0 radical (unpaired) electrons. The highest BCUT2D eigenvalue weighted by atomic mass is 31.2. The first-order chi connectivity index (χ1) is 69.7. The number of carbonyl (C=O) groups is 4. The molecule has 0 aromatic carbocycles. The Kier molecular flexibility index (Phi) is 36.5. The number of carbonyl (C=O) groups excluding carboxylic acids is 4. The van der Waals surface area contributed by atoms with Crippen molar-refractivity contribution in [2.45, 2.75) is 199 Å². The number of nitrogens with zero attached hydrogens (tertiary/aromatic N) is 16. The average molecular weight is 2180 g/mol. The fourth-order valence-corrected chi connectivity index (χ4v) is 19.3. The maximum atomic E-state index is 12.5. The van der Waals surface area contributed by atoms with Crippen LogP contribution in [0.4, 0.5) is 42.8 Å². The van der Waals surface area contributed by atoms with Crippen LogP contribution in [0.1, 0.15) is 82.0 Å². The summed E-state index contributed by atoms with van der Waals surface area (Å²) < 4.78 is 139. The molecule has 7 aromatic heterocycles. The van der Waals surface area contributed by atoms with Crippen LogP contribution in [0.25, 0.3) is 39.2 Å². The van der Waals surface area contributed by atoms with Gasteiger partial charge in [-0.1, -0.05) is 6.58 Å². The molecule has 0 spiro atoms. The van der Waals surface area contributed by atoms with Gasteiger partial charge in [0, 0.05) is 51.4 Å². The molecule has 8 saturated heterocycles. The van der Waals surface area contributed by atoms with Crippen LogP contribution in [0.5, 0.6) is 0 Å². The summed E-state index contributed by atoms with van der Waals surface area (Å²) >= 11 is 0. The number of imidazole rings is 4. The predicted molar refractivity (Wildman–Crippen MR) is 484 cm³/mol. The van der Waals surface area contributed by atoms with Gasteiger partial charge in [0.25, 0.3) is 48.0 Å². The number of rotatable bonds is 30. The normalized spacial score (nSPS) is 29.8. The smallest absolute Gasteiger partial charge is 0.346 e. The summed E-state index contributed by atoms with van der Waals surface area (Å²) in [6.45, 7) is -0.524. The minimum atomic E-state index is -5.02. The van der Waals surface area contributed by atoms with E-state index in [-0.39, 0.29) is 122 Å². The summed E-state index contributed by atoms with van der Waals surface area (Å²) in [6, 6.07) is -3.72. The SMILES string of the molecule is C=C1NC(N)=Nc2c1ncn2[C@H]1C[C@H](O)[C@@H](COP(=O)([O-])O[C@H]2C[C@@H](NC(=O)N=C(N)N)O[C@@H]2CO)O1.NC(N)=NC(=O)N[C@@H]1C[C@H](OP(=O)([O-])OC[C@H]2O[C@@H](n3cnc4c(=O)[nH]c(N)nc43)C[C@@H]2O)[C@H](O)CO1.NC(N)=NC(=O)N[C@H]1C[C@H](OP(=O)([O-])OC[C@H]2O[C@@H](n3cnc4c(=O)[nH]c(N)nc43)C[C@@H]2O)[C@@H](CO)O1.NC(N)=NC(=O)N[C@H]1C[C@H](OP(=O)([O-])OC[C@H]2O[C@@H](n3cnc4c(=O)[nH]c(N)nc43)C[C@@H]2O)[C@H](O)CO1. The van der Waals surface area contributed by atoms with E-state index in [4.69, 9.17) is 143 Å². The van der Waals surface area contributed by atoms with Gasteiger partial charge in [-0.05, 0) is 0 Å². The molecule has 0 saturated carbocycles. The van der Waals surface area contributed by atoms with Crippen molar-refractivity contribution in [3.05, 3.63) is 68.6 Å². The van der Waals surface area contributed by atoms with Gasteiger partial charge in [0.15, 0.2) is 69.1 Å². The average Bonchev–Trinajstić information content (AvgIpc) is 1.64. The zero-order valence-corrected chi connectivity index (χ0v) is 79.9. The second kappa shape index (κ2) is 47.9. The van der Waals surface area contributed by atoms with Crippen molar-refractivity contribution >= 4 is 148 Å². The van der Waals surface area contributed by atoms with Crippen molar-refractivity contribution in [1.82, 2.24) is 94.7 Å². The van der Waals surface area contributed by atoms with Crippen LogP contribution in [0.15, 0.2) is 71.2 Å². The second-order valence-corrected chi connectivity index (χ2v) is 38.3. The molecule has 9 aliphatic heterocycles. The lowest BCUT2D eigenvalue weighted by Crippen LogP contribution is -2.49. The third-order valence-electron chi connectivity index (χ3n) is 22.1. The number of hydrogen-bond donors (Lipinski definition) is 28. The summed E-state index contributed by atoms with van der Waals surface area (Å²) in [7, 11) is -20.0. The van der Waals surface area contributed by atoms with Crippen molar-refractivity contribution in [3.8, 4) is 0 Å². The number of nitrogen functional groups attached to an aromatic ring is 3. The number of phosphoric ester groups is 4. The first kappa shape index (κ1) is 113. The molecule has 16 heterocycles. The lowest BCUT2D eigenvalue weighted by molar-refractivity contribution is -0.243. The van der Waals surface area contributed by atoms with Crippen LogP contribution in [0.2, 0.25) is 0 Å². The van der Waals surface area contributed by atoms with Crippen molar-refractivity contribution in [3.63, 3.8) is 0 Å². The Bertz CT molecular complexity index is 6080. The summed E-state index contributed by atoms with van der Waals surface area (Å²) in [5, 5.41) is 92.5. The van der Waals surface area contributed by atoms with Crippen molar-refractivity contribution in [2.75, 3.05) is 70.1 Å². The van der Waals surface area contributed by atoms with Gasteiger partial charge < -0.3 is 230 Å². The molecular formula is C69H102N36O39P4-4. The number of H-pyrrole nitrogens is 3. The number of aliphatic imine (C=N–C) groups is 5. The molecule has 28 atom stereocenters. The highest BCUT2D eigenvalue weighted by Gasteiger charge is 2.47. The Labute approximate surface area is 825 Å². The zero-order valence-electron chi connectivity index (χ0n) is 76.3. The molecular weight excluding hydrogens is 2080 g/mol. The summed E-state index contributed by atoms with van der Waals surface area (Å²) in [6.07, 6.45) is -21.6. The van der Waals surface area contributed by atoms with Crippen LogP contribution < -0.4 is 132 Å². The van der Waals surface area contributed by atoms with Gasteiger partial charge in [-0.3, -0.25) is 65.9 Å². The molecule has 7 aromatic rings. The van der Waals surface area contributed by atoms with Gasteiger partial charge >= 0.3 is 24.1 Å². The van der Waals surface area contributed by atoms with Crippen LogP contribution in [0.3, 0.4) is 0 Å². The number of fused-ring (bicyclic) bond motifs is 4. The highest BCUT2D eigenvalue weighted by molar-refractivity contribution is 7.46. The fraction of sp³-hybridized carbons (Fsp3) is 0.580. The van der Waals surface area contributed by atoms with Crippen LogP contribution in [-0.2, 0) is 92.3 Å². The van der Waals surface area contributed by atoms with Gasteiger partial charge in [-0.15, -0.1) is 0 Å². The number of nitrogens with one attached hydrogen (secondary N) is 8. The Morgan fingerprint density at radius 2 is 0.689 bits per heavy atom. The molecule has 9 aliphatic rings. The van der Waals surface area contributed by atoms with Gasteiger partial charge in [0.2, 0.25) is 17.8 Å². The molecule has 4 unspecified atom stereocenters. The lowest BCUT2D eigenvalue weighted by atomic mass is 10.1. The van der Waals surface area contributed by atoms with E-state index in [1.807, 2.05) is 0 Å². The first-order valence-corrected chi connectivity index (χ1v) is 49.3. The summed E-state index contributed by atoms with van der Waals surface area (Å²) in [5.74, 6) is -1.91. The number of guanidine groups is 5. The quantitative estimate of drug-likeness (QED) is 0.0113. The standard InChI is InChI=1S/C18H28N9O9P.3C17H26N9O10P/c1-7-14-15(25-17(21)23-7)27(6-22-14)13-2-8(29)11(35-13)5-33-37(31,32)36-9-3-12(34-10(9)4-28)24-18(30)26-16(19)20;2*18-15(19)25-17(30)22-10-2-8(7(28)3-33-10)36-37(31,32)34-4-9-6(27)1-11(35-9)26-5-21-12-13(26)23-16(20)24-14(12)29;18-15(19)25-17(30)22-10-2-7(8(3-27)34-10)36-37(31,32)33-4-9-6(28)1-11(35-9)26-5-21-12-13(26)23-16(20)24-14(12)29/h6,8-13,28-29H,1-5H2,(H,31,32)(H3,21,23,25)(H5,19,20,24,26,30);3*5-11,27-28H,1-4H2,(H,31,32)(H3,20,23,24,29)(H5,18,19,22,25,30)/p-4/t8-,9-,10+,11+,12-,13+;6-,7+,8-,9+,10+,11+;6-,7+,8-,9+,10-,11+;6-,7-,8+,9+,10+,11+/m0000/s1. The van der Waals surface area contributed by atoms with E-state index in [9.17, 15) is 112 Å². The van der Waals surface area contributed by atoms with Gasteiger partial charge in [0.1, 0.15) is 104 Å². The number of ether oxygens (including phenoxy) is 8. The first-order valence-electron chi connectivity index (χ1n) is 43.4. The number of urea groups is 4. The molecule has 40 N–H and O–H groups in total. The second-order valence-electron chi connectivity index (χ2n) is 32.9. The van der Waals surface area contributed by atoms with E-state index in [2.05, 4.69) is 108 Å². The molecule has 8 amide bonds. The molecule has 79 heteroatoms. The molecule has 0 aliphatic carbocycles. The van der Waals surface area contributed by atoms with E-state index in [1.165, 1.54) is 39.0 Å². The molecule has 75 nitrogen and oxygen atoms in total. The number of phosphoric acid groups is 4. The Morgan fingerprint density at radius 1 is 0.412 bits per heavy atom. The Hall–Kier alpha value is -12.6. The molecule has 148 heavy (non-hydrogen) atoms. The van der Waals surface area contributed by atoms with Gasteiger partial charge in [0.05, 0.1) is 133 Å².